The Morgan fingerprint density at radius 2 is 2.20 bits per heavy atom. The van der Waals surface area contributed by atoms with E-state index in [0.29, 0.717) is 12.2 Å². The molecule has 0 radical (unpaired) electrons. The average molecular weight is 336 g/mol. The molecule has 1 saturated heterocycles. The molecule has 1 fully saturated rings. The van der Waals surface area contributed by atoms with Crippen molar-refractivity contribution in [3.05, 3.63) is 54.0 Å². The number of fused-ring (bicyclic) bond motifs is 1. The van der Waals surface area contributed by atoms with Crippen LogP contribution >= 0.6 is 0 Å². The summed E-state index contributed by atoms with van der Waals surface area (Å²) in [5, 5.41) is 3.14. The Balaban J connectivity index is 1.69. The van der Waals surface area contributed by atoms with Gasteiger partial charge in [0.15, 0.2) is 0 Å². The second-order valence-electron chi connectivity index (χ2n) is 6.26. The highest BCUT2D eigenvalue weighted by atomic mass is 16.2. The van der Waals surface area contributed by atoms with E-state index in [4.69, 9.17) is 4.98 Å². The summed E-state index contributed by atoms with van der Waals surface area (Å²) in [5.74, 6) is 0.729. The predicted molar refractivity (Wildman–Crippen MR) is 94.5 cm³/mol. The molecule has 0 saturated carbocycles. The molecule has 1 N–H and O–H groups in total. The Morgan fingerprint density at radius 3 is 2.96 bits per heavy atom. The zero-order chi connectivity index (χ0) is 17.4. The highest BCUT2D eigenvalue weighted by molar-refractivity contribution is 5.92. The maximum Gasteiger partial charge on any atom is 0.274 e. The van der Waals surface area contributed by atoms with Gasteiger partial charge >= 0.3 is 0 Å². The molecule has 1 aliphatic heterocycles. The predicted octanol–water partition coefficient (Wildman–Crippen LogP) is 2.45. The molecular formula is C18H20N6O. The fourth-order valence-electron chi connectivity index (χ4n) is 3.38. The van der Waals surface area contributed by atoms with Crippen LogP contribution in [0.15, 0.2) is 36.9 Å². The van der Waals surface area contributed by atoms with E-state index < -0.39 is 0 Å². The molecule has 3 aromatic rings. The van der Waals surface area contributed by atoms with E-state index in [9.17, 15) is 4.79 Å². The molecule has 3 aromatic heterocycles. The quantitative estimate of drug-likeness (QED) is 0.795. The lowest BCUT2D eigenvalue weighted by atomic mass is 10.1. The fourth-order valence-corrected chi connectivity index (χ4v) is 3.38. The highest BCUT2D eigenvalue weighted by Crippen LogP contribution is 2.33. The molecule has 128 valence electrons. The Kier molecular flexibility index (Phi) is 3.83. The number of carbonyl (C=O) groups excluding carboxylic acids is 1. The standard InChI is InChI=1S/C18H20N6O/c1-12-9-21-13(10-20-12)18(25)24-8-4-5-15(24)14-11-23-7-3-6-16(23)17(19-2)22-14/h3,6-7,9-11,15H,4-5,8H2,1-2H3,(H,19,22)/t15-/m0/s1. The lowest BCUT2D eigenvalue weighted by molar-refractivity contribution is 0.0726. The number of nitrogens with one attached hydrogen (secondary N) is 1. The lowest BCUT2D eigenvalue weighted by Gasteiger charge is -2.24. The summed E-state index contributed by atoms with van der Waals surface area (Å²) in [5.41, 5.74) is 3.09. The van der Waals surface area contributed by atoms with Gasteiger partial charge in [0.05, 0.1) is 29.1 Å². The van der Waals surface area contributed by atoms with Gasteiger partial charge in [-0.3, -0.25) is 9.78 Å². The number of aromatic nitrogens is 4. The van der Waals surface area contributed by atoms with E-state index in [-0.39, 0.29) is 11.9 Å². The summed E-state index contributed by atoms with van der Waals surface area (Å²) in [6, 6.07) is 3.96. The minimum atomic E-state index is -0.0876. The van der Waals surface area contributed by atoms with Crippen molar-refractivity contribution in [3.63, 3.8) is 0 Å². The van der Waals surface area contributed by atoms with Gasteiger partial charge in [0, 0.05) is 32.2 Å². The van der Waals surface area contributed by atoms with Crippen LogP contribution in [-0.4, -0.2) is 43.8 Å². The summed E-state index contributed by atoms with van der Waals surface area (Å²) >= 11 is 0. The maximum atomic E-state index is 12.9. The zero-order valence-electron chi connectivity index (χ0n) is 14.3. The minimum absolute atomic E-state index is 0.0468. The van der Waals surface area contributed by atoms with Gasteiger partial charge < -0.3 is 14.6 Å². The van der Waals surface area contributed by atoms with Crippen molar-refractivity contribution in [1.82, 2.24) is 24.3 Å². The molecule has 1 aliphatic rings. The van der Waals surface area contributed by atoms with E-state index in [1.807, 2.05) is 47.8 Å². The van der Waals surface area contributed by atoms with Gasteiger partial charge in [0.1, 0.15) is 11.5 Å². The number of likely N-dealkylation sites (tertiary alicyclic amines) is 1. The lowest BCUT2D eigenvalue weighted by Crippen LogP contribution is -2.32. The van der Waals surface area contributed by atoms with Crippen LogP contribution in [0.3, 0.4) is 0 Å². The second kappa shape index (κ2) is 6.16. The first-order valence-electron chi connectivity index (χ1n) is 8.42. The number of aryl methyl sites for hydroxylation is 1. The summed E-state index contributed by atoms with van der Waals surface area (Å²) in [6.07, 6.45) is 9.03. The van der Waals surface area contributed by atoms with Crippen molar-refractivity contribution in [3.8, 4) is 0 Å². The van der Waals surface area contributed by atoms with E-state index in [1.54, 1.807) is 12.4 Å². The third-order valence-corrected chi connectivity index (χ3v) is 4.63. The molecule has 1 amide bonds. The van der Waals surface area contributed by atoms with Crippen LogP contribution in [0.2, 0.25) is 0 Å². The number of hydrogen-bond acceptors (Lipinski definition) is 5. The maximum absolute atomic E-state index is 12.9. The van der Waals surface area contributed by atoms with Crippen molar-refractivity contribution < 1.29 is 4.79 Å². The van der Waals surface area contributed by atoms with Gasteiger partial charge in [-0.1, -0.05) is 0 Å². The molecular weight excluding hydrogens is 316 g/mol. The van der Waals surface area contributed by atoms with Crippen LogP contribution in [0.5, 0.6) is 0 Å². The third kappa shape index (κ3) is 2.71. The van der Waals surface area contributed by atoms with Gasteiger partial charge in [-0.05, 0) is 31.9 Å². The van der Waals surface area contributed by atoms with Gasteiger partial charge in [-0.2, -0.15) is 0 Å². The summed E-state index contributed by atoms with van der Waals surface area (Å²) in [6.45, 7) is 2.56. The Hall–Kier alpha value is -2.96. The molecule has 4 heterocycles. The molecule has 0 bridgehead atoms. The van der Waals surface area contributed by atoms with Crippen LogP contribution in [0.25, 0.3) is 5.52 Å². The molecule has 0 spiro atoms. The number of amides is 1. The topological polar surface area (TPSA) is 75.4 Å². The van der Waals surface area contributed by atoms with Gasteiger partial charge in [-0.15, -0.1) is 0 Å². The van der Waals surface area contributed by atoms with Crippen molar-refractivity contribution in [2.45, 2.75) is 25.8 Å². The molecule has 25 heavy (non-hydrogen) atoms. The number of hydrogen-bond donors (Lipinski definition) is 1. The zero-order valence-corrected chi connectivity index (χ0v) is 14.3. The smallest absolute Gasteiger partial charge is 0.274 e. The minimum Gasteiger partial charge on any atom is -0.371 e. The largest absolute Gasteiger partial charge is 0.371 e. The molecule has 1 atom stereocenters. The second-order valence-corrected chi connectivity index (χ2v) is 6.26. The number of rotatable bonds is 3. The van der Waals surface area contributed by atoms with Crippen LogP contribution in [0.1, 0.15) is 40.8 Å². The summed E-state index contributed by atoms with van der Waals surface area (Å²) < 4.78 is 2.04. The monoisotopic (exact) mass is 336 g/mol. The van der Waals surface area contributed by atoms with E-state index >= 15 is 0 Å². The first-order chi connectivity index (χ1) is 12.2. The average Bonchev–Trinajstić information content (AvgIpc) is 3.29. The first kappa shape index (κ1) is 15.6. The van der Waals surface area contributed by atoms with E-state index in [2.05, 4.69) is 15.3 Å². The summed E-state index contributed by atoms with van der Waals surface area (Å²) in [7, 11) is 1.86. The van der Waals surface area contributed by atoms with Crippen molar-refractivity contribution >= 4 is 17.2 Å². The van der Waals surface area contributed by atoms with Crippen molar-refractivity contribution in [2.24, 2.45) is 0 Å². The molecule has 0 aliphatic carbocycles. The fraction of sp³-hybridized carbons (Fsp3) is 0.333. The van der Waals surface area contributed by atoms with Crippen LogP contribution < -0.4 is 5.32 Å². The Morgan fingerprint density at radius 1 is 1.32 bits per heavy atom. The Bertz CT molecular complexity index is 917. The summed E-state index contributed by atoms with van der Waals surface area (Å²) in [4.78, 5) is 27.9. The highest BCUT2D eigenvalue weighted by Gasteiger charge is 2.33. The molecule has 4 rings (SSSR count). The number of nitrogens with zero attached hydrogens (tertiary/aromatic N) is 5. The number of anilines is 1. The number of carbonyl (C=O) groups is 1. The van der Waals surface area contributed by atoms with Crippen LogP contribution in [-0.2, 0) is 0 Å². The normalized spacial score (nSPS) is 17.2. The van der Waals surface area contributed by atoms with Crippen LogP contribution in [0, 0.1) is 6.92 Å². The van der Waals surface area contributed by atoms with Crippen LogP contribution in [0.4, 0.5) is 5.82 Å². The van der Waals surface area contributed by atoms with E-state index in [1.165, 1.54) is 0 Å². The van der Waals surface area contributed by atoms with Gasteiger partial charge in [0.2, 0.25) is 0 Å². The molecule has 7 nitrogen and oxygen atoms in total. The first-order valence-corrected chi connectivity index (χ1v) is 8.42. The van der Waals surface area contributed by atoms with Crippen molar-refractivity contribution in [1.29, 1.82) is 0 Å². The third-order valence-electron chi connectivity index (χ3n) is 4.63. The van der Waals surface area contributed by atoms with Gasteiger partial charge in [-0.25, -0.2) is 9.97 Å². The molecule has 0 aromatic carbocycles. The molecule has 0 unspecified atom stereocenters. The molecule has 7 heteroatoms. The SMILES string of the molecule is CNc1nc([C@@H]2CCCN2C(=O)c2cnc(C)cn2)cn2cccc12. The van der Waals surface area contributed by atoms with Gasteiger partial charge in [0.25, 0.3) is 5.91 Å². The van der Waals surface area contributed by atoms with Crippen molar-refractivity contribution in [2.75, 3.05) is 18.9 Å². The Labute approximate surface area is 145 Å². The van der Waals surface area contributed by atoms with E-state index in [0.717, 1.165) is 35.6 Å².